The molecule has 0 bridgehead atoms. The Balaban J connectivity index is 1.92. The molecule has 0 spiro atoms. The number of rotatable bonds is 4. The average molecular weight is 284 g/mol. The highest BCUT2D eigenvalue weighted by Crippen LogP contribution is 2.24. The number of anilines is 1. The molecule has 19 heavy (non-hydrogen) atoms. The largest absolute Gasteiger partial charge is 0.479 e. The van der Waals surface area contributed by atoms with Gasteiger partial charge in [0.15, 0.2) is 11.2 Å². The van der Waals surface area contributed by atoms with Gasteiger partial charge in [-0.25, -0.2) is 9.78 Å². The summed E-state index contributed by atoms with van der Waals surface area (Å²) >= 11 is 1.36. The molecule has 2 N–H and O–H groups in total. The Morgan fingerprint density at radius 3 is 2.68 bits per heavy atom. The third-order valence-electron chi connectivity index (χ3n) is 2.93. The van der Waals surface area contributed by atoms with Gasteiger partial charge in [-0.05, 0) is 18.8 Å². The van der Waals surface area contributed by atoms with E-state index in [4.69, 9.17) is 9.84 Å². The maximum Gasteiger partial charge on any atom is 0.332 e. The number of aliphatic carboxylic acids is 1. The maximum atomic E-state index is 11.9. The van der Waals surface area contributed by atoms with Crippen molar-refractivity contribution in [2.24, 2.45) is 0 Å². The van der Waals surface area contributed by atoms with Crippen LogP contribution in [0.5, 0.6) is 0 Å². The van der Waals surface area contributed by atoms with Crippen molar-refractivity contribution in [3.63, 3.8) is 0 Å². The Labute approximate surface area is 114 Å². The molecule has 1 aromatic rings. The van der Waals surface area contributed by atoms with E-state index in [0.29, 0.717) is 23.9 Å². The fourth-order valence-corrected chi connectivity index (χ4v) is 2.68. The molecule has 104 valence electrons. The van der Waals surface area contributed by atoms with E-state index in [2.05, 4.69) is 10.3 Å². The second kappa shape index (κ2) is 5.66. The van der Waals surface area contributed by atoms with Crippen LogP contribution >= 0.6 is 11.3 Å². The molecule has 1 fully saturated rings. The number of nitrogens with zero attached hydrogens (tertiary/aromatic N) is 1. The molecular formula is C12H16N2O4S. The Hall–Kier alpha value is -1.47. The number of nitrogens with one attached hydrogen (secondary N) is 1. The Kier molecular flexibility index (Phi) is 4.16. The molecule has 1 aliphatic rings. The van der Waals surface area contributed by atoms with Crippen molar-refractivity contribution in [2.75, 3.05) is 5.32 Å². The van der Waals surface area contributed by atoms with Gasteiger partial charge in [0.2, 0.25) is 0 Å². The van der Waals surface area contributed by atoms with E-state index in [-0.39, 0.29) is 5.91 Å². The van der Waals surface area contributed by atoms with Crippen molar-refractivity contribution in [3.05, 3.63) is 11.1 Å². The molecule has 2 atom stereocenters. The van der Waals surface area contributed by atoms with Crippen molar-refractivity contribution in [1.82, 2.24) is 4.98 Å². The molecule has 1 amide bonds. The van der Waals surface area contributed by atoms with Gasteiger partial charge in [-0.2, -0.15) is 0 Å². The van der Waals surface area contributed by atoms with Gasteiger partial charge in [0.05, 0.1) is 5.69 Å². The van der Waals surface area contributed by atoms with Gasteiger partial charge in [0.25, 0.3) is 5.91 Å². The minimum Gasteiger partial charge on any atom is -0.479 e. The number of carboxylic acid groups (broad SMARTS) is 1. The molecule has 1 saturated heterocycles. The standard InChI is InChI=1S/C12H16N2O4S/c1-6(2)7-5-19-12(13-7)14-10(15)8-3-4-9(18-8)11(16)17/h5-6,8-9H,3-4H2,1-2H3,(H,16,17)(H,13,14,15)/t8-,9+/m0/s1. The van der Waals surface area contributed by atoms with Gasteiger partial charge in [-0.3, -0.25) is 10.1 Å². The predicted octanol–water partition coefficient (Wildman–Crippen LogP) is 1.84. The fourth-order valence-electron chi connectivity index (χ4n) is 1.81. The number of aromatic nitrogens is 1. The lowest BCUT2D eigenvalue weighted by Gasteiger charge is -2.10. The molecule has 6 nitrogen and oxygen atoms in total. The summed E-state index contributed by atoms with van der Waals surface area (Å²) < 4.78 is 5.18. The lowest BCUT2D eigenvalue weighted by Crippen LogP contribution is -2.29. The van der Waals surface area contributed by atoms with Crippen LogP contribution in [0.2, 0.25) is 0 Å². The number of ether oxygens (including phenoxy) is 1. The van der Waals surface area contributed by atoms with Gasteiger partial charge >= 0.3 is 5.97 Å². The number of carbonyl (C=O) groups excluding carboxylic acids is 1. The summed E-state index contributed by atoms with van der Waals surface area (Å²) in [6.07, 6.45) is -0.793. The number of carboxylic acids is 1. The first-order valence-electron chi connectivity index (χ1n) is 6.12. The van der Waals surface area contributed by atoms with Gasteiger partial charge in [-0.1, -0.05) is 13.8 Å². The molecule has 2 rings (SSSR count). The van der Waals surface area contributed by atoms with Crippen LogP contribution in [0.15, 0.2) is 5.38 Å². The summed E-state index contributed by atoms with van der Waals surface area (Å²) in [6, 6.07) is 0. The van der Waals surface area contributed by atoms with Crippen LogP contribution in [0.25, 0.3) is 0 Å². The van der Waals surface area contributed by atoms with Gasteiger partial charge in [-0.15, -0.1) is 11.3 Å². The first kappa shape index (κ1) is 14.0. The summed E-state index contributed by atoms with van der Waals surface area (Å²) in [7, 11) is 0. The average Bonchev–Trinajstić information content (AvgIpc) is 2.96. The summed E-state index contributed by atoms with van der Waals surface area (Å²) in [6.45, 7) is 4.05. The molecule has 2 heterocycles. The zero-order chi connectivity index (χ0) is 14.0. The second-order valence-electron chi connectivity index (χ2n) is 4.75. The van der Waals surface area contributed by atoms with Crippen molar-refractivity contribution in [1.29, 1.82) is 0 Å². The van der Waals surface area contributed by atoms with Crippen molar-refractivity contribution in [3.8, 4) is 0 Å². The van der Waals surface area contributed by atoms with E-state index in [9.17, 15) is 9.59 Å². The van der Waals surface area contributed by atoms with Gasteiger partial charge in [0, 0.05) is 5.38 Å². The summed E-state index contributed by atoms with van der Waals surface area (Å²) in [4.78, 5) is 26.9. The Morgan fingerprint density at radius 1 is 1.47 bits per heavy atom. The molecule has 7 heteroatoms. The molecule has 1 aliphatic heterocycles. The minimum atomic E-state index is -1.02. The van der Waals surface area contributed by atoms with Crippen LogP contribution in [0.1, 0.15) is 38.3 Å². The number of carbonyl (C=O) groups is 2. The molecule has 0 aromatic carbocycles. The van der Waals surface area contributed by atoms with Gasteiger partial charge < -0.3 is 9.84 Å². The summed E-state index contributed by atoms with van der Waals surface area (Å²) in [5.41, 5.74) is 0.927. The Morgan fingerprint density at radius 2 is 2.16 bits per heavy atom. The first-order chi connectivity index (χ1) is 8.97. The smallest absolute Gasteiger partial charge is 0.332 e. The topological polar surface area (TPSA) is 88.5 Å². The lowest BCUT2D eigenvalue weighted by atomic mass is 10.2. The highest BCUT2D eigenvalue weighted by Gasteiger charge is 2.34. The zero-order valence-corrected chi connectivity index (χ0v) is 11.6. The second-order valence-corrected chi connectivity index (χ2v) is 5.61. The highest BCUT2D eigenvalue weighted by molar-refractivity contribution is 7.13. The SMILES string of the molecule is CC(C)c1csc(NC(=O)[C@@H]2CC[C@H](C(=O)O)O2)n1. The molecule has 0 unspecified atom stereocenters. The number of thiazole rings is 1. The summed E-state index contributed by atoms with van der Waals surface area (Å²) in [5.74, 6) is -1.04. The predicted molar refractivity (Wildman–Crippen MR) is 70.4 cm³/mol. The van der Waals surface area contributed by atoms with E-state index in [0.717, 1.165) is 5.69 Å². The van der Waals surface area contributed by atoms with Crippen LogP contribution < -0.4 is 5.32 Å². The van der Waals surface area contributed by atoms with Crippen LogP contribution in [0.3, 0.4) is 0 Å². The van der Waals surface area contributed by atoms with Gasteiger partial charge in [0.1, 0.15) is 6.10 Å². The van der Waals surface area contributed by atoms with Crippen LogP contribution in [-0.4, -0.2) is 34.2 Å². The van der Waals surface area contributed by atoms with E-state index >= 15 is 0 Å². The third-order valence-corrected chi connectivity index (χ3v) is 3.71. The normalized spacial score (nSPS) is 22.7. The molecule has 1 aromatic heterocycles. The highest BCUT2D eigenvalue weighted by atomic mass is 32.1. The van der Waals surface area contributed by atoms with Crippen LogP contribution in [0.4, 0.5) is 5.13 Å². The quantitative estimate of drug-likeness (QED) is 0.880. The number of hydrogen-bond donors (Lipinski definition) is 2. The molecule has 0 saturated carbocycles. The zero-order valence-electron chi connectivity index (χ0n) is 10.8. The number of hydrogen-bond acceptors (Lipinski definition) is 5. The van der Waals surface area contributed by atoms with E-state index < -0.39 is 18.2 Å². The monoisotopic (exact) mass is 284 g/mol. The third kappa shape index (κ3) is 3.30. The molecular weight excluding hydrogens is 268 g/mol. The summed E-state index contributed by atoms with van der Waals surface area (Å²) in [5, 5.41) is 13.9. The van der Waals surface area contributed by atoms with Crippen molar-refractivity contribution < 1.29 is 19.4 Å². The lowest BCUT2D eigenvalue weighted by molar-refractivity contribution is -0.150. The van der Waals surface area contributed by atoms with E-state index in [1.807, 2.05) is 19.2 Å². The van der Waals surface area contributed by atoms with E-state index in [1.165, 1.54) is 11.3 Å². The maximum absolute atomic E-state index is 11.9. The molecule has 0 radical (unpaired) electrons. The Bertz CT molecular complexity index is 486. The van der Waals surface area contributed by atoms with Crippen molar-refractivity contribution in [2.45, 2.75) is 44.8 Å². The minimum absolute atomic E-state index is 0.307. The first-order valence-corrected chi connectivity index (χ1v) is 7.00. The van der Waals surface area contributed by atoms with Crippen LogP contribution in [0, 0.1) is 0 Å². The van der Waals surface area contributed by atoms with E-state index in [1.54, 1.807) is 0 Å². The molecule has 0 aliphatic carbocycles. The van der Waals surface area contributed by atoms with Crippen molar-refractivity contribution >= 4 is 28.3 Å². The number of amides is 1. The van der Waals surface area contributed by atoms with Crippen LogP contribution in [-0.2, 0) is 14.3 Å². The fraction of sp³-hybridized carbons (Fsp3) is 0.583.